The van der Waals surface area contributed by atoms with Gasteiger partial charge in [-0.25, -0.2) is 0 Å². The minimum atomic E-state index is -0.426. The maximum absolute atomic E-state index is 10.8. The van der Waals surface area contributed by atoms with Gasteiger partial charge in [0.15, 0.2) is 0 Å². The molecule has 1 N–H and O–H groups in total. The molecule has 0 fully saturated rings. The summed E-state index contributed by atoms with van der Waals surface area (Å²) in [7, 11) is 0. The molecular weight excluding hydrogens is 278 g/mol. The van der Waals surface area contributed by atoms with Gasteiger partial charge in [-0.1, -0.05) is 17.7 Å². The Morgan fingerprint density at radius 2 is 2.25 bits per heavy atom. The Bertz CT molecular complexity index is 605. The molecule has 0 aliphatic carbocycles. The van der Waals surface area contributed by atoms with Gasteiger partial charge in [0.25, 0.3) is 5.69 Å². The van der Waals surface area contributed by atoms with Crippen LogP contribution in [0.4, 0.5) is 5.69 Å². The van der Waals surface area contributed by atoms with Crippen molar-refractivity contribution >= 4 is 17.3 Å². The number of hydrogen-bond acceptors (Lipinski definition) is 4. The van der Waals surface area contributed by atoms with Crippen molar-refractivity contribution in [1.29, 1.82) is 0 Å². The summed E-state index contributed by atoms with van der Waals surface area (Å²) in [6, 6.07) is 8.36. The molecule has 0 aliphatic heterocycles. The smallest absolute Gasteiger partial charge is 0.269 e. The van der Waals surface area contributed by atoms with Crippen molar-refractivity contribution in [3.8, 4) is 0 Å². The highest BCUT2D eigenvalue weighted by Crippen LogP contribution is 2.22. The number of nitrogens with one attached hydrogen (secondary N) is 1. The lowest BCUT2D eigenvalue weighted by Gasteiger charge is -2.14. The van der Waals surface area contributed by atoms with E-state index in [1.807, 2.05) is 19.1 Å². The summed E-state index contributed by atoms with van der Waals surface area (Å²) in [4.78, 5) is 14.4. The van der Waals surface area contributed by atoms with Crippen LogP contribution in [0.5, 0.6) is 0 Å². The van der Waals surface area contributed by atoms with E-state index in [0.717, 1.165) is 5.56 Å². The molecule has 0 saturated carbocycles. The van der Waals surface area contributed by atoms with E-state index in [4.69, 9.17) is 11.6 Å². The summed E-state index contributed by atoms with van der Waals surface area (Å²) >= 11 is 6.06. The normalized spacial score (nSPS) is 12.1. The second kappa shape index (κ2) is 6.45. The van der Waals surface area contributed by atoms with Gasteiger partial charge in [-0.05, 0) is 30.2 Å². The standard InChI is InChI=1S/C14H14ClN3O2/c1-10(11-3-2-6-16-8-11)17-9-12-7-13(18(19)20)4-5-14(12)15/h2-8,10,17H,9H2,1H3/t10-/m1/s1. The van der Waals surface area contributed by atoms with Crippen LogP contribution in [0.3, 0.4) is 0 Å². The van der Waals surface area contributed by atoms with E-state index in [1.54, 1.807) is 18.5 Å². The SMILES string of the molecule is C[C@@H](NCc1cc([N+](=O)[O-])ccc1Cl)c1cccnc1. The highest BCUT2D eigenvalue weighted by atomic mass is 35.5. The minimum absolute atomic E-state index is 0.0419. The third-order valence-electron chi connectivity index (χ3n) is 3.02. The molecule has 0 spiro atoms. The maximum Gasteiger partial charge on any atom is 0.269 e. The molecule has 6 heteroatoms. The number of non-ortho nitro benzene ring substituents is 1. The fourth-order valence-corrected chi connectivity index (χ4v) is 2.01. The Balaban J connectivity index is 2.07. The van der Waals surface area contributed by atoms with Gasteiger partial charge in [0, 0.05) is 42.1 Å². The predicted molar refractivity (Wildman–Crippen MR) is 77.6 cm³/mol. The first-order valence-corrected chi connectivity index (χ1v) is 6.52. The van der Waals surface area contributed by atoms with E-state index in [9.17, 15) is 10.1 Å². The van der Waals surface area contributed by atoms with E-state index < -0.39 is 4.92 Å². The molecule has 1 aromatic heterocycles. The largest absolute Gasteiger partial charge is 0.306 e. The molecule has 0 bridgehead atoms. The lowest BCUT2D eigenvalue weighted by Crippen LogP contribution is -2.18. The lowest BCUT2D eigenvalue weighted by molar-refractivity contribution is -0.384. The first kappa shape index (κ1) is 14.4. The van der Waals surface area contributed by atoms with Crippen LogP contribution in [0, 0.1) is 10.1 Å². The van der Waals surface area contributed by atoms with E-state index in [2.05, 4.69) is 10.3 Å². The molecule has 0 radical (unpaired) electrons. The van der Waals surface area contributed by atoms with Crippen molar-refractivity contribution in [2.75, 3.05) is 0 Å². The Kier molecular flexibility index (Phi) is 4.65. The molecule has 1 aromatic carbocycles. The van der Waals surface area contributed by atoms with Crippen LogP contribution in [0.2, 0.25) is 5.02 Å². The van der Waals surface area contributed by atoms with Gasteiger partial charge in [0.2, 0.25) is 0 Å². The molecule has 0 unspecified atom stereocenters. The Morgan fingerprint density at radius 3 is 2.90 bits per heavy atom. The van der Waals surface area contributed by atoms with Gasteiger partial charge in [0.05, 0.1) is 4.92 Å². The number of pyridine rings is 1. The number of nitrogens with zero attached hydrogens (tertiary/aromatic N) is 2. The number of benzene rings is 1. The van der Waals surface area contributed by atoms with Gasteiger partial charge in [-0.3, -0.25) is 15.1 Å². The molecule has 1 atom stereocenters. The summed E-state index contributed by atoms with van der Waals surface area (Å²) in [6.07, 6.45) is 3.50. The molecule has 0 aliphatic rings. The molecule has 1 heterocycles. The molecule has 0 amide bonds. The van der Waals surface area contributed by atoms with E-state index in [1.165, 1.54) is 12.1 Å². The highest BCUT2D eigenvalue weighted by Gasteiger charge is 2.11. The van der Waals surface area contributed by atoms with E-state index in [-0.39, 0.29) is 11.7 Å². The highest BCUT2D eigenvalue weighted by molar-refractivity contribution is 6.31. The van der Waals surface area contributed by atoms with Crippen LogP contribution in [-0.2, 0) is 6.54 Å². The van der Waals surface area contributed by atoms with E-state index >= 15 is 0 Å². The van der Waals surface area contributed by atoms with Crippen LogP contribution in [0.25, 0.3) is 0 Å². The zero-order chi connectivity index (χ0) is 14.5. The predicted octanol–water partition coefficient (Wildman–Crippen LogP) is 3.49. The van der Waals surface area contributed by atoms with E-state index in [0.29, 0.717) is 17.1 Å². The first-order valence-electron chi connectivity index (χ1n) is 6.14. The van der Waals surface area contributed by atoms with Crippen molar-refractivity contribution < 1.29 is 4.92 Å². The van der Waals surface area contributed by atoms with Crippen LogP contribution < -0.4 is 5.32 Å². The number of rotatable bonds is 5. The van der Waals surface area contributed by atoms with Gasteiger partial charge in [0.1, 0.15) is 0 Å². The van der Waals surface area contributed by atoms with Gasteiger partial charge < -0.3 is 5.32 Å². The fraction of sp³-hybridized carbons (Fsp3) is 0.214. The summed E-state index contributed by atoms with van der Waals surface area (Å²) < 4.78 is 0. The van der Waals surface area contributed by atoms with Crippen molar-refractivity contribution in [3.63, 3.8) is 0 Å². The number of nitro benzene ring substituents is 1. The number of hydrogen-bond donors (Lipinski definition) is 1. The molecule has 20 heavy (non-hydrogen) atoms. The molecule has 104 valence electrons. The number of nitro groups is 1. The molecule has 5 nitrogen and oxygen atoms in total. The van der Waals surface area contributed by atoms with Crippen molar-refractivity contribution in [1.82, 2.24) is 10.3 Å². The minimum Gasteiger partial charge on any atom is -0.306 e. The number of halogens is 1. The topological polar surface area (TPSA) is 68.1 Å². The van der Waals surface area contributed by atoms with Crippen LogP contribution in [0.15, 0.2) is 42.7 Å². The van der Waals surface area contributed by atoms with Gasteiger partial charge in [-0.15, -0.1) is 0 Å². The second-order valence-corrected chi connectivity index (χ2v) is 4.83. The zero-order valence-electron chi connectivity index (χ0n) is 10.9. The van der Waals surface area contributed by atoms with Crippen LogP contribution >= 0.6 is 11.6 Å². The Labute approximate surface area is 121 Å². The Morgan fingerprint density at radius 1 is 1.45 bits per heavy atom. The summed E-state index contributed by atoms with van der Waals surface area (Å²) in [6.45, 7) is 2.46. The summed E-state index contributed by atoms with van der Waals surface area (Å²) in [5.74, 6) is 0. The second-order valence-electron chi connectivity index (χ2n) is 4.42. The summed E-state index contributed by atoms with van der Waals surface area (Å²) in [5.41, 5.74) is 1.80. The third kappa shape index (κ3) is 3.53. The molecular formula is C14H14ClN3O2. The molecule has 2 aromatic rings. The lowest BCUT2D eigenvalue weighted by atomic mass is 10.1. The maximum atomic E-state index is 10.8. The van der Waals surface area contributed by atoms with Gasteiger partial charge >= 0.3 is 0 Å². The molecule has 2 rings (SSSR count). The van der Waals surface area contributed by atoms with Crippen LogP contribution in [0.1, 0.15) is 24.1 Å². The quantitative estimate of drug-likeness (QED) is 0.676. The van der Waals surface area contributed by atoms with Crippen molar-refractivity contribution in [3.05, 3.63) is 69.0 Å². The monoisotopic (exact) mass is 291 g/mol. The van der Waals surface area contributed by atoms with Crippen molar-refractivity contribution in [2.24, 2.45) is 0 Å². The average Bonchev–Trinajstić information content (AvgIpc) is 2.46. The summed E-state index contributed by atoms with van der Waals surface area (Å²) in [5, 5.41) is 14.5. The number of aromatic nitrogens is 1. The Hall–Kier alpha value is -1.98. The molecule has 0 saturated heterocycles. The average molecular weight is 292 g/mol. The van der Waals surface area contributed by atoms with Gasteiger partial charge in [-0.2, -0.15) is 0 Å². The fourth-order valence-electron chi connectivity index (χ4n) is 1.82. The van der Waals surface area contributed by atoms with Crippen LogP contribution in [-0.4, -0.2) is 9.91 Å². The first-order chi connectivity index (χ1) is 9.58. The zero-order valence-corrected chi connectivity index (χ0v) is 11.7. The van der Waals surface area contributed by atoms with Crippen molar-refractivity contribution in [2.45, 2.75) is 19.5 Å². The third-order valence-corrected chi connectivity index (χ3v) is 3.39.